The Morgan fingerprint density at radius 3 is 2.43 bits per heavy atom. The lowest BCUT2D eigenvalue weighted by atomic mass is 9.80. The largest absolute Gasteiger partial charge is 0.455 e. The van der Waals surface area contributed by atoms with Crippen LogP contribution < -0.4 is 11.1 Å². The van der Waals surface area contributed by atoms with Gasteiger partial charge in [0.25, 0.3) is 5.91 Å². The van der Waals surface area contributed by atoms with Crippen molar-refractivity contribution < 1.29 is 19.1 Å². The zero-order valence-corrected chi connectivity index (χ0v) is 12.7. The van der Waals surface area contributed by atoms with Crippen LogP contribution in [0.4, 0.5) is 0 Å². The number of carbonyl (C=O) groups is 3. The molecular weight excluding hydrogens is 272 g/mol. The van der Waals surface area contributed by atoms with Gasteiger partial charge in [0.1, 0.15) is 0 Å². The number of hydrogen-bond acceptors (Lipinski definition) is 4. The van der Waals surface area contributed by atoms with Gasteiger partial charge in [-0.05, 0) is 31.6 Å². The molecule has 0 saturated heterocycles. The number of ether oxygens (including phenoxy) is 1. The van der Waals surface area contributed by atoms with Gasteiger partial charge >= 0.3 is 5.97 Å². The molecule has 0 aromatic rings. The van der Waals surface area contributed by atoms with Gasteiger partial charge in [-0.3, -0.25) is 14.4 Å². The van der Waals surface area contributed by atoms with E-state index in [-0.39, 0.29) is 25.0 Å². The van der Waals surface area contributed by atoms with Crippen LogP contribution >= 0.6 is 0 Å². The van der Waals surface area contributed by atoms with Crippen molar-refractivity contribution in [3.63, 3.8) is 0 Å². The Kier molecular flexibility index (Phi) is 7.79. The molecule has 1 aliphatic rings. The summed E-state index contributed by atoms with van der Waals surface area (Å²) in [5.74, 6) is -0.795. The molecule has 21 heavy (non-hydrogen) atoms. The highest BCUT2D eigenvalue weighted by atomic mass is 16.5. The summed E-state index contributed by atoms with van der Waals surface area (Å²) in [6, 6.07) is 0. The molecule has 0 spiro atoms. The molecular formula is C15H26N2O4. The topological polar surface area (TPSA) is 98.5 Å². The van der Waals surface area contributed by atoms with Crippen molar-refractivity contribution in [2.75, 3.05) is 13.2 Å². The van der Waals surface area contributed by atoms with Gasteiger partial charge in [-0.1, -0.05) is 26.2 Å². The van der Waals surface area contributed by atoms with E-state index in [9.17, 15) is 14.4 Å². The molecule has 0 aromatic heterocycles. The molecule has 0 radical (unpaired) electrons. The minimum Gasteiger partial charge on any atom is -0.455 e. The Bertz CT molecular complexity index is 363. The number of amides is 2. The van der Waals surface area contributed by atoms with E-state index in [1.54, 1.807) is 0 Å². The Balaban J connectivity index is 2.19. The van der Waals surface area contributed by atoms with Crippen molar-refractivity contribution in [3.8, 4) is 0 Å². The molecule has 0 aliphatic heterocycles. The van der Waals surface area contributed by atoms with Crippen LogP contribution in [0.3, 0.4) is 0 Å². The summed E-state index contributed by atoms with van der Waals surface area (Å²) in [7, 11) is 0. The average Bonchev–Trinajstić information content (AvgIpc) is 2.49. The lowest BCUT2D eigenvalue weighted by molar-refractivity contribution is -0.153. The first kappa shape index (κ1) is 17.5. The smallest absolute Gasteiger partial charge is 0.309 e. The highest BCUT2D eigenvalue weighted by Gasteiger charge is 2.27. The second-order valence-electron chi connectivity index (χ2n) is 5.71. The van der Waals surface area contributed by atoms with Gasteiger partial charge in [0.05, 0.1) is 12.5 Å². The average molecular weight is 298 g/mol. The van der Waals surface area contributed by atoms with E-state index in [2.05, 4.69) is 12.2 Å². The Hall–Kier alpha value is -1.59. The van der Waals surface area contributed by atoms with Gasteiger partial charge in [0.2, 0.25) is 5.91 Å². The van der Waals surface area contributed by atoms with Crippen LogP contribution in [0.15, 0.2) is 0 Å². The summed E-state index contributed by atoms with van der Waals surface area (Å²) in [6.07, 6.45) is 7.52. The third kappa shape index (κ3) is 7.11. The lowest BCUT2D eigenvalue weighted by Gasteiger charge is -2.27. The first-order valence-corrected chi connectivity index (χ1v) is 7.74. The molecule has 6 nitrogen and oxygen atoms in total. The molecule has 120 valence electrons. The van der Waals surface area contributed by atoms with E-state index < -0.39 is 11.8 Å². The van der Waals surface area contributed by atoms with Gasteiger partial charge in [-0.2, -0.15) is 0 Å². The first-order valence-electron chi connectivity index (χ1n) is 7.74. The van der Waals surface area contributed by atoms with Gasteiger partial charge in [-0.15, -0.1) is 0 Å². The number of nitrogens with two attached hydrogens (primary N) is 1. The summed E-state index contributed by atoms with van der Waals surface area (Å²) in [5, 5.41) is 2.28. The standard InChI is InChI=1S/C15H26N2O4/c1-2-3-4-11-5-7-12(8-6-11)15(20)21-10-14(19)17-9-13(16)18/h11-12H,2-10H2,1H3,(H2,16,18)(H,17,19). The molecule has 1 fully saturated rings. The van der Waals surface area contributed by atoms with Crippen LogP contribution in [-0.2, 0) is 19.1 Å². The number of esters is 1. The minimum absolute atomic E-state index is 0.0909. The van der Waals surface area contributed by atoms with Crippen LogP contribution in [0.2, 0.25) is 0 Å². The third-order valence-corrected chi connectivity index (χ3v) is 3.95. The summed E-state index contributed by atoms with van der Waals surface area (Å²) in [6.45, 7) is 1.60. The van der Waals surface area contributed by atoms with Gasteiger partial charge in [0, 0.05) is 0 Å². The highest BCUT2D eigenvalue weighted by molar-refractivity contribution is 5.85. The number of primary amides is 1. The molecule has 1 aliphatic carbocycles. The molecule has 6 heteroatoms. The van der Waals surface area contributed by atoms with Crippen molar-refractivity contribution >= 4 is 17.8 Å². The van der Waals surface area contributed by atoms with Gasteiger partial charge in [0.15, 0.2) is 6.61 Å². The zero-order valence-electron chi connectivity index (χ0n) is 12.7. The fourth-order valence-corrected chi connectivity index (χ4v) is 2.67. The summed E-state index contributed by atoms with van der Waals surface area (Å²) < 4.78 is 4.99. The molecule has 0 heterocycles. The monoisotopic (exact) mass is 298 g/mol. The van der Waals surface area contributed by atoms with Crippen molar-refractivity contribution in [1.82, 2.24) is 5.32 Å². The van der Waals surface area contributed by atoms with E-state index in [0.29, 0.717) is 0 Å². The number of hydrogen-bond donors (Lipinski definition) is 2. The van der Waals surface area contributed by atoms with Crippen LogP contribution in [0.1, 0.15) is 51.9 Å². The molecule has 2 amide bonds. The predicted molar refractivity (Wildman–Crippen MR) is 78.1 cm³/mol. The fraction of sp³-hybridized carbons (Fsp3) is 0.800. The van der Waals surface area contributed by atoms with E-state index in [4.69, 9.17) is 10.5 Å². The second kappa shape index (κ2) is 9.37. The molecule has 1 saturated carbocycles. The van der Waals surface area contributed by atoms with Gasteiger partial charge in [-0.25, -0.2) is 0 Å². The second-order valence-corrected chi connectivity index (χ2v) is 5.71. The van der Waals surface area contributed by atoms with E-state index in [1.165, 1.54) is 19.3 Å². The molecule has 3 N–H and O–H groups in total. The molecule has 0 bridgehead atoms. The summed E-state index contributed by atoms with van der Waals surface area (Å²) >= 11 is 0. The van der Waals surface area contributed by atoms with Crippen molar-refractivity contribution in [3.05, 3.63) is 0 Å². The SMILES string of the molecule is CCCCC1CCC(C(=O)OCC(=O)NCC(N)=O)CC1. The highest BCUT2D eigenvalue weighted by Crippen LogP contribution is 2.32. The Morgan fingerprint density at radius 1 is 1.19 bits per heavy atom. The normalized spacial score (nSPS) is 21.6. The zero-order chi connectivity index (χ0) is 15.7. The first-order chi connectivity index (χ1) is 10.0. The molecule has 0 unspecified atom stereocenters. The van der Waals surface area contributed by atoms with E-state index >= 15 is 0 Å². The van der Waals surface area contributed by atoms with Crippen LogP contribution in [0.25, 0.3) is 0 Å². The van der Waals surface area contributed by atoms with Crippen LogP contribution in [0, 0.1) is 11.8 Å². The van der Waals surface area contributed by atoms with Crippen molar-refractivity contribution in [1.29, 1.82) is 0 Å². The Labute approximate surface area is 125 Å². The lowest BCUT2D eigenvalue weighted by Crippen LogP contribution is -2.36. The predicted octanol–water partition coefficient (Wildman–Crippen LogP) is 1.13. The minimum atomic E-state index is -0.625. The Morgan fingerprint density at radius 2 is 1.86 bits per heavy atom. The maximum atomic E-state index is 11.9. The number of nitrogens with one attached hydrogen (secondary N) is 1. The van der Waals surface area contributed by atoms with Crippen LogP contribution in [0.5, 0.6) is 0 Å². The maximum absolute atomic E-state index is 11.9. The maximum Gasteiger partial charge on any atom is 0.309 e. The molecule has 0 aromatic carbocycles. The molecule has 0 atom stereocenters. The number of carbonyl (C=O) groups excluding carboxylic acids is 3. The van der Waals surface area contributed by atoms with Crippen LogP contribution in [-0.4, -0.2) is 30.9 Å². The van der Waals surface area contributed by atoms with Crippen molar-refractivity contribution in [2.24, 2.45) is 17.6 Å². The number of rotatable bonds is 8. The van der Waals surface area contributed by atoms with Crippen molar-refractivity contribution in [2.45, 2.75) is 51.9 Å². The summed E-state index contributed by atoms with van der Waals surface area (Å²) in [4.78, 5) is 33.7. The quantitative estimate of drug-likeness (QED) is 0.656. The van der Waals surface area contributed by atoms with E-state index in [0.717, 1.165) is 31.6 Å². The third-order valence-electron chi connectivity index (χ3n) is 3.95. The summed E-state index contributed by atoms with van der Waals surface area (Å²) in [5.41, 5.74) is 4.90. The van der Waals surface area contributed by atoms with Gasteiger partial charge < -0.3 is 15.8 Å². The number of unbranched alkanes of at least 4 members (excludes halogenated alkanes) is 1. The van der Waals surface area contributed by atoms with E-state index in [1.807, 2.05) is 0 Å². The fourth-order valence-electron chi connectivity index (χ4n) is 2.67. The molecule has 1 rings (SSSR count).